The summed E-state index contributed by atoms with van der Waals surface area (Å²) in [4.78, 5) is 31.3. The second kappa shape index (κ2) is 8.08. The van der Waals surface area contributed by atoms with Gasteiger partial charge in [-0.1, -0.05) is 12.1 Å². The van der Waals surface area contributed by atoms with E-state index in [4.69, 9.17) is 0 Å². The number of likely N-dealkylation sites (tertiary alicyclic amines) is 1. The van der Waals surface area contributed by atoms with Crippen LogP contribution in [0.3, 0.4) is 0 Å². The number of carbonyl (C=O) groups is 1. The monoisotopic (exact) mass is 378 g/mol. The van der Waals surface area contributed by atoms with E-state index in [0.717, 1.165) is 17.7 Å². The molecule has 0 spiro atoms. The minimum Gasteiger partial charge on any atom is -0.342 e. The molecule has 1 aromatic carbocycles. The lowest BCUT2D eigenvalue weighted by atomic mass is 10.1. The summed E-state index contributed by atoms with van der Waals surface area (Å²) in [5, 5.41) is 3.03. The van der Waals surface area contributed by atoms with Gasteiger partial charge >= 0.3 is 0 Å². The fraction of sp³-hybridized carbons (Fsp3) is 0.250. The van der Waals surface area contributed by atoms with Gasteiger partial charge in [0.25, 0.3) is 0 Å². The van der Waals surface area contributed by atoms with E-state index >= 15 is 0 Å². The van der Waals surface area contributed by atoms with Crippen molar-refractivity contribution in [3.63, 3.8) is 0 Å². The lowest BCUT2D eigenvalue weighted by molar-refractivity contribution is -0.129. The predicted molar refractivity (Wildman–Crippen MR) is 101 cm³/mol. The first-order valence-electron chi connectivity index (χ1n) is 9.05. The second-order valence-corrected chi connectivity index (χ2v) is 6.65. The number of halogens is 1. The third-order valence-corrected chi connectivity index (χ3v) is 4.71. The number of rotatable bonds is 5. The highest BCUT2D eigenvalue weighted by Crippen LogP contribution is 2.27. The SMILES string of the molecule is O=C(Cc1ccc(F)cc1)N1CC[C@@H](c2ccnc(Nc3cnccn3)n2)C1. The Balaban J connectivity index is 1.39. The minimum absolute atomic E-state index is 0.0427. The Morgan fingerprint density at radius 1 is 1.14 bits per heavy atom. The van der Waals surface area contributed by atoms with Crippen LogP contribution in [0, 0.1) is 5.82 Å². The number of nitrogens with zero attached hydrogens (tertiary/aromatic N) is 5. The van der Waals surface area contributed by atoms with Gasteiger partial charge < -0.3 is 10.2 Å². The third kappa shape index (κ3) is 4.28. The molecule has 1 fully saturated rings. The first-order valence-corrected chi connectivity index (χ1v) is 9.05. The van der Waals surface area contributed by atoms with Crippen LogP contribution in [0.2, 0.25) is 0 Å². The molecule has 7 nitrogen and oxygen atoms in total. The first kappa shape index (κ1) is 18.0. The van der Waals surface area contributed by atoms with Gasteiger partial charge in [-0.3, -0.25) is 9.78 Å². The Morgan fingerprint density at radius 3 is 2.79 bits per heavy atom. The van der Waals surface area contributed by atoms with Gasteiger partial charge in [0, 0.05) is 37.6 Å². The summed E-state index contributed by atoms with van der Waals surface area (Å²) in [5.41, 5.74) is 1.70. The van der Waals surface area contributed by atoms with E-state index in [2.05, 4.69) is 25.3 Å². The summed E-state index contributed by atoms with van der Waals surface area (Å²) >= 11 is 0. The van der Waals surface area contributed by atoms with Crippen molar-refractivity contribution in [1.29, 1.82) is 0 Å². The molecule has 28 heavy (non-hydrogen) atoms. The van der Waals surface area contributed by atoms with E-state index in [9.17, 15) is 9.18 Å². The Morgan fingerprint density at radius 2 is 2.00 bits per heavy atom. The Bertz CT molecular complexity index is 950. The molecule has 0 radical (unpaired) electrons. The van der Waals surface area contributed by atoms with Crippen LogP contribution in [0.15, 0.2) is 55.1 Å². The maximum absolute atomic E-state index is 13.0. The zero-order valence-corrected chi connectivity index (χ0v) is 15.1. The van der Waals surface area contributed by atoms with Gasteiger partial charge in [0.15, 0.2) is 5.82 Å². The van der Waals surface area contributed by atoms with E-state index in [1.165, 1.54) is 12.1 Å². The summed E-state index contributed by atoms with van der Waals surface area (Å²) in [5.74, 6) is 0.923. The van der Waals surface area contributed by atoms with Crippen LogP contribution in [-0.4, -0.2) is 43.8 Å². The fourth-order valence-corrected chi connectivity index (χ4v) is 3.26. The summed E-state index contributed by atoms with van der Waals surface area (Å²) in [6.07, 6.45) is 7.60. The van der Waals surface area contributed by atoms with Crippen molar-refractivity contribution in [2.24, 2.45) is 0 Å². The molecule has 1 amide bonds. The molecule has 3 aromatic rings. The van der Waals surface area contributed by atoms with Gasteiger partial charge in [0.05, 0.1) is 18.3 Å². The van der Waals surface area contributed by atoms with Crippen molar-refractivity contribution in [2.75, 3.05) is 18.4 Å². The normalized spacial score (nSPS) is 16.2. The van der Waals surface area contributed by atoms with Gasteiger partial charge in [-0.15, -0.1) is 0 Å². The van der Waals surface area contributed by atoms with Crippen LogP contribution in [-0.2, 0) is 11.2 Å². The van der Waals surface area contributed by atoms with Crippen LogP contribution in [0.4, 0.5) is 16.2 Å². The van der Waals surface area contributed by atoms with Gasteiger partial charge in [-0.25, -0.2) is 19.3 Å². The maximum atomic E-state index is 13.0. The van der Waals surface area contributed by atoms with Crippen LogP contribution < -0.4 is 5.32 Å². The van der Waals surface area contributed by atoms with Crippen LogP contribution in [0.1, 0.15) is 23.6 Å². The van der Waals surface area contributed by atoms with Gasteiger partial charge in [0.1, 0.15) is 5.82 Å². The highest BCUT2D eigenvalue weighted by Gasteiger charge is 2.28. The largest absolute Gasteiger partial charge is 0.342 e. The quantitative estimate of drug-likeness (QED) is 0.735. The number of anilines is 2. The number of benzene rings is 1. The molecule has 4 rings (SSSR count). The zero-order valence-electron chi connectivity index (χ0n) is 15.1. The molecule has 0 saturated carbocycles. The van der Waals surface area contributed by atoms with Crippen molar-refractivity contribution in [1.82, 2.24) is 24.8 Å². The number of hydrogen-bond donors (Lipinski definition) is 1. The Hall–Kier alpha value is -3.42. The average Bonchev–Trinajstić information content (AvgIpc) is 3.21. The van der Waals surface area contributed by atoms with Crippen molar-refractivity contribution in [3.05, 3.63) is 72.2 Å². The summed E-state index contributed by atoms with van der Waals surface area (Å²) in [6.45, 7) is 1.29. The molecule has 1 N–H and O–H groups in total. The molecule has 0 bridgehead atoms. The molecule has 1 aliphatic heterocycles. The Labute approximate surface area is 161 Å². The predicted octanol–water partition coefficient (Wildman–Crippen LogP) is 2.71. The summed E-state index contributed by atoms with van der Waals surface area (Å²) in [7, 11) is 0. The van der Waals surface area contributed by atoms with E-state index in [1.54, 1.807) is 36.9 Å². The van der Waals surface area contributed by atoms with Crippen molar-refractivity contribution in [3.8, 4) is 0 Å². The Kier molecular flexibility index (Phi) is 5.18. The highest BCUT2D eigenvalue weighted by atomic mass is 19.1. The smallest absolute Gasteiger partial charge is 0.228 e. The fourth-order valence-electron chi connectivity index (χ4n) is 3.26. The van der Waals surface area contributed by atoms with E-state index in [1.807, 2.05) is 11.0 Å². The highest BCUT2D eigenvalue weighted by molar-refractivity contribution is 5.79. The molecule has 1 aliphatic rings. The lowest BCUT2D eigenvalue weighted by Gasteiger charge is -2.17. The summed E-state index contributed by atoms with van der Waals surface area (Å²) < 4.78 is 13.0. The third-order valence-electron chi connectivity index (χ3n) is 4.71. The van der Waals surface area contributed by atoms with Crippen molar-refractivity contribution >= 4 is 17.7 Å². The average molecular weight is 378 g/mol. The number of aromatic nitrogens is 4. The topological polar surface area (TPSA) is 83.9 Å². The summed E-state index contributed by atoms with van der Waals surface area (Å²) in [6, 6.07) is 7.93. The number of nitrogens with one attached hydrogen (secondary N) is 1. The van der Waals surface area contributed by atoms with Crippen LogP contribution >= 0.6 is 0 Å². The van der Waals surface area contributed by atoms with Gasteiger partial charge in [-0.2, -0.15) is 0 Å². The lowest BCUT2D eigenvalue weighted by Crippen LogP contribution is -2.30. The molecule has 1 saturated heterocycles. The molecular weight excluding hydrogens is 359 g/mol. The molecule has 0 unspecified atom stereocenters. The molecule has 8 heteroatoms. The molecule has 3 heterocycles. The van der Waals surface area contributed by atoms with Crippen molar-refractivity contribution < 1.29 is 9.18 Å². The molecule has 1 atom stereocenters. The standard InChI is InChI=1S/C20H19FN6O/c21-16-3-1-14(2-4-16)11-19(28)27-10-6-15(13-27)17-5-7-24-20(25-17)26-18-12-22-8-9-23-18/h1-5,7-9,12,15H,6,10-11,13H2,(H,23,24,25,26)/t15-/m1/s1. The minimum atomic E-state index is -0.299. The molecule has 2 aromatic heterocycles. The van der Waals surface area contributed by atoms with Crippen molar-refractivity contribution in [2.45, 2.75) is 18.8 Å². The van der Waals surface area contributed by atoms with Gasteiger partial charge in [-0.05, 0) is 30.2 Å². The first-order chi connectivity index (χ1) is 13.7. The maximum Gasteiger partial charge on any atom is 0.228 e. The van der Waals surface area contributed by atoms with Crippen LogP contribution in [0.5, 0.6) is 0 Å². The van der Waals surface area contributed by atoms with E-state index in [-0.39, 0.29) is 24.1 Å². The number of carbonyl (C=O) groups excluding carboxylic acids is 1. The number of amides is 1. The second-order valence-electron chi connectivity index (χ2n) is 6.65. The van der Waals surface area contributed by atoms with E-state index in [0.29, 0.717) is 24.9 Å². The molecular formula is C20H19FN6O. The van der Waals surface area contributed by atoms with Crippen LogP contribution in [0.25, 0.3) is 0 Å². The molecule has 142 valence electrons. The van der Waals surface area contributed by atoms with E-state index < -0.39 is 0 Å². The molecule has 0 aliphatic carbocycles. The van der Waals surface area contributed by atoms with Gasteiger partial charge in [0.2, 0.25) is 11.9 Å². The zero-order chi connectivity index (χ0) is 19.3. The number of hydrogen-bond acceptors (Lipinski definition) is 6.